The largest absolute Gasteiger partial charge is 0.359 e. The van der Waals surface area contributed by atoms with Crippen LogP contribution in [0, 0.1) is 3.57 Å². The number of unbranched alkanes of at least 4 members (excludes halogenated alkanes) is 2. The summed E-state index contributed by atoms with van der Waals surface area (Å²) in [4.78, 5) is 10.4. The van der Waals surface area contributed by atoms with E-state index in [1.165, 1.54) is 6.42 Å². The van der Waals surface area contributed by atoms with Crippen LogP contribution in [0.5, 0.6) is 0 Å². The summed E-state index contributed by atoms with van der Waals surface area (Å²) >= 11 is 2.26. The van der Waals surface area contributed by atoms with E-state index in [1.54, 1.807) is 6.33 Å². The highest BCUT2D eigenvalue weighted by atomic mass is 127. The van der Waals surface area contributed by atoms with Crippen LogP contribution in [0.15, 0.2) is 12.5 Å². The van der Waals surface area contributed by atoms with Gasteiger partial charge < -0.3 is 10.6 Å². The highest BCUT2D eigenvalue weighted by molar-refractivity contribution is 14.1. The lowest BCUT2D eigenvalue weighted by Gasteiger charge is -2.18. The first-order valence-corrected chi connectivity index (χ1v) is 6.20. The molecule has 0 saturated carbocycles. The Bertz CT molecular complexity index is 293. The summed E-state index contributed by atoms with van der Waals surface area (Å²) in [6.07, 6.45) is 6.87. The van der Waals surface area contributed by atoms with E-state index in [2.05, 4.69) is 44.5 Å². The van der Waals surface area contributed by atoms with E-state index in [9.17, 15) is 0 Å². The van der Waals surface area contributed by atoms with Crippen LogP contribution in [0.3, 0.4) is 0 Å². The van der Waals surface area contributed by atoms with E-state index in [0.29, 0.717) is 0 Å². The van der Waals surface area contributed by atoms with Gasteiger partial charge in [-0.1, -0.05) is 6.42 Å². The fourth-order valence-electron chi connectivity index (χ4n) is 1.36. The molecule has 5 heteroatoms. The van der Waals surface area contributed by atoms with Gasteiger partial charge in [0.1, 0.15) is 12.1 Å². The molecule has 1 rings (SSSR count). The van der Waals surface area contributed by atoms with E-state index in [1.807, 2.05) is 6.20 Å². The van der Waals surface area contributed by atoms with Crippen LogP contribution in [0.25, 0.3) is 0 Å². The smallest absolute Gasteiger partial charge is 0.145 e. The molecule has 0 spiro atoms. The third-order valence-electron chi connectivity index (χ3n) is 2.21. The Labute approximate surface area is 104 Å². The maximum Gasteiger partial charge on any atom is 0.145 e. The van der Waals surface area contributed by atoms with Crippen LogP contribution in [0.1, 0.15) is 19.3 Å². The quantitative estimate of drug-likeness (QED) is 0.640. The van der Waals surface area contributed by atoms with E-state index < -0.39 is 0 Å². The fourth-order valence-corrected chi connectivity index (χ4v) is 2.07. The minimum absolute atomic E-state index is 0.786. The number of nitrogens with zero attached hydrogens (tertiary/aromatic N) is 3. The van der Waals surface area contributed by atoms with Crippen molar-refractivity contribution < 1.29 is 0 Å². The van der Waals surface area contributed by atoms with Gasteiger partial charge in [-0.05, 0) is 42.0 Å². The topological polar surface area (TPSA) is 55.0 Å². The van der Waals surface area contributed by atoms with Gasteiger partial charge in [0.25, 0.3) is 0 Å². The highest BCUT2D eigenvalue weighted by Crippen LogP contribution is 2.16. The molecule has 0 amide bonds. The van der Waals surface area contributed by atoms with Crippen molar-refractivity contribution >= 4 is 28.4 Å². The Morgan fingerprint density at radius 1 is 1.40 bits per heavy atom. The third kappa shape index (κ3) is 4.29. The molecule has 1 aromatic heterocycles. The summed E-state index contributed by atoms with van der Waals surface area (Å²) < 4.78 is 1.09. The van der Waals surface area contributed by atoms with E-state index in [-0.39, 0.29) is 0 Å². The Morgan fingerprint density at radius 2 is 2.20 bits per heavy atom. The van der Waals surface area contributed by atoms with Gasteiger partial charge >= 0.3 is 0 Å². The maximum atomic E-state index is 5.45. The molecule has 0 saturated heterocycles. The lowest BCUT2D eigenvalue weighted by molar-refractivity contribution is 0.675. The summed E-state index contributed by atoms with van der Waals surface area (Å²) in [5.74, 6) is 1.01. The molecule has 84 valence electrons. The van der Waals surface area contributed by atoms with Crippen molar-refractivity contribution in [2.75, 3.05) is 25.0 Å². The molecule has 2 N–H and O–H groups in total. The Morgan fingerprint density at radius 3 is 2.87 bits per heavy atom. The maximum absolute atomic E-state index is 5.45. The molecule has 4 nitrogen and oxygen atoms in total. The summed E-state index contributed by atoms with van der Waals surface area (Å²) in [5, 5.41) is 0. The second kappa shape index (κ2) is 6.95. The predicted octanol–water partition coefficient (Wildman–Crippen LogP) is 1.65. The van der Waals surface area contributed by atoms with Crippen molar-refractivity contribution in [3.63, 3.8) is 0 Å². The molecule has 0 aliphatic carbocycles. The molecule has 0 aromatic carbocycles. The second-order valence-electron chi connectivity index (χ2n) is 3.47. The van der Waals surface area contributed by atoms with Gasteiger partial charge in [0.05, 0.1) is 3.57 Å². The number of nitrogens with two attached hydrogens (primary N) is 1. The van der Waals surface area contributed by atoms with Gasteiger partial charge in [0, 0.05) is 19.8 Å². The minimum atomic E-state index is 0.786. The van der Waals surface area contributed by atoms with Crippen molar-refractivity contribution in [2.24, 2.45) is 5.73 Å². The van der Waals surface area contributed by atoms with Gasteiger partial charge in [-0.15, -0.1) is 0 Å². The zero-order chi connectivity index (χ0) is 11.1. The molecule has 0 aliphatic heterocycles. The normalized spacial score (nSPS) is 10.3. The minimum Gasteiger partial charge on any atom is -0.359 e. The van der Waals surface area contributed by atoms with Gasteiger partial charge in [-0.2, -0.15) is 0 Å². The molecule has 0 unspecified atom stereocenters. The molecular formula is C10H17IN4. The first-order chi connectivity index (χ1) is 7.25. The molecule has 0 bridgehead atoms. The van der Waals surface area contributed by atoms with Crippen molar-refractivity contribution in [1.82, 2.24) is 9.97 Å². The van der Waals surface area contributed by atoms with Crippen molar-refractivity contribution in [3.8, 4) is 0 Å². The first-order valence-electron chi connectivity index (χ1n) is 5.12. The molecule has 1 aromatic rings. The van der Waals surface area contributed by atoms with Crippen LogP contribution < -0.4 is 10.6 Å². The predicted molar refractivity (Wildman–Crippen MR) is 70.9 cm³/mol. The van der Waals surface area contributed by atoms with Crippen LogP contribution >= 0.6 is 22.6 Å². The standard InChI is InChI=1S/C10H17IN4/c1-15(6-4-2-3-5-12)10-9(11)7-13-8-14-10/h7-8H,2-6,12H2,1H3. The number of halogens is 1. The van der Waals surface area contributed by atoms with Crippen LogP contribution in [-0.4, -0.2) is 30.1 Å². The molecular weight excluding hydrogens is 303 g/mol. The van der Waals surface area contributed by atoms with Gasteiger partial charge in [0.15, 0.2) is 0 Å². The first kappa shape index (κ1) is 12.6. The second-order valence-corrected chi connectivity index (χ2v) is 4.63. The van der Waals surface area contributed by atoms with E-state index >= 15 is 0 Å². The summed E-state index contributed by atoms with van der Waals surface area (Å²) in [6.45, 7) is 1.81. The number of hydrogen-bond donors (Lipinski definition) is 1. The number of hydrogen-bond acceptors (Lipinski definition) is 4. The average Bonchev–Trinajstić information content (AvgIpc) is 2.25. The third-order valence-corrected chi connectivity index (χ3v) is 2.97. The highest BCUT2D eigenvalue weighted by Gasteiger charge is 2.05. The number of rotatable bonds is 6. The van der Waals surface area contributed by atoms with E-state index in [4.69, 9.17) is 5.73 Å². The lowest BCUT2D eigenvalue weighted by atomic mass is 10.2. The molecule has 0 atom stereocenters. The van der Waals surface area contributed by atoms with Crippen LogP contribution in [0.2, 0.25) is 0 Å². The molecule has 0 aliphatic rings. The van der Waals surface area contributed by atoms with Gasteiger partial charge in [0.2, 0.25) is 0 Å². The SMILES string of the molecule is CN(CCCCCN)c1ncncc1I. The number of anilines is 1. The molecule has 15 heavy (non-hydrogen) atoms. The van der Waals surface area contributed by atoms with E-state index in [0.717, 1.165) is 35.3 Å². The fraction of sp³-hybridized carbons (Fsp3) is 0.600. The average molecular weight is 320 g/mol. The zero-order valence-corrected chi connectivity index (χ0v) is 11.1. The zero-order valence-electron chi connectivity index (χ0n) is 8.99. The Hall–Kier alpha value is -0.430. The molecule has 1 heterocycles. The van der Waals surface area contributed by atoms with Crippen LogP contribution in [0.4, 0.5) is 5.82 Å². The number of aromatic nitrogens is 2. The summed E-state index contributed by atoms with van der Waals surface area (Å²) in [6, 6.07) is 0. The summed E-state index contributed by atoms with van der Waals surface area (Å²) in [5.41, 5.74) is 5.45. The summed E-state index contributed by atoms with van der Waals surface area (Å²) in [7, 11) is 2.06. The lowest BCUT2D eigenvalue weighted by Crippen LogP contribution is -2.21. The Balaban J connectivity index is 2.40. The monoisotopic (exact) mass is 320 g/mol. The van der Waals surface area contributed by atoms with Crippen molar-refractivity contribution in [2.45, 2.75) is 19.3 Å². The Kier molecular flexibility index (Phi) is 5.85. The molecule has 0 radical (unpaired) electrons. The van der Waals surface area contributed by atoms with Gasteiger partial charge in [-0.25, -0.2) is 9.97 Å². The van der Waals surface area contributed by atoms with Crippen LogP contribution in [-0.2, 0) is 0 Å². The van der Waals surface area contributed by atoms with Gasteiger partial charge in [-0.3, -0.25) is 0 Å². The van der Waals surface area contributed by atoms with Crippen molar-refractivity contribution in [3.05, 3.63) is 16.1 Å². The van der Waals surface area contributed by atoms with Crippen molar-refractivity contribution in [1.29, 1.82) is 0 Å². The molecule has 0 fully saturated rings.